The van der Waals surface area contributed by atoms with Gasteiger partial charge in [0.1, 0.15) is 0 Å². The van der Waals surface area contributed by atoms with Gasteiger partial charge in [-0.15, -0.1) is 0 Å². The minimum absolute atomic E-state index is 0. The maximum atomic E-state index is 8.56. The second-order valence-electron chi connectivity index (χ2n) is 0.730. The van der Waals surface area contributed by atoms with Crippen LogP contribution in [0, 0.1) is 0 Å². The molecule has 12 heavy (non-hydrogen) atoms. The molecule has 64 valence electrons. The number of carbonyl (C=O) groups is 1. The summed E-state index contributed by atoms with van der Waals surface area (Å²) < 4.78 is 8.55. The molecule has 0 aromatic heterocycles. The zero-order valence-corrected chi connectivity index (χ0v) is 8.24. The number of hydrogen-bond acceptors (Lipinski definition) is 5. The molecule has 0 aliphatic heterocycles. The van der Waals surface area contributed by atoms with Crippen molar-refractivity contribution >= 4 is 14.0 Å². The molecule has 0 heterocycles. The van der Waals surface area contributed by atoms with Crippen LogP contribution in [0.4, 0.5) is 4.79 Å². The molecule has 0 atom stereocenters. The van der Waals surface area contributed by atoms with Crippen LogP contribution in [0.2, 0.25) is 0 Å². The summed E-state index contributed by atoms with van der Waals surface area (Å²) in [4.78, 5) is 34.2. The molecule has 0 saturated heterocycles. The molecule has 0 unspecified atom stereocenters. The summed E-state index contributed by atoms with van der Waals surface area (Å²) in [5, 5.41) is 13.9. The molecule has 0 aliphatic rings. The van der Waals surface area contributed by atoms with Gasteiger partial charge in [0.2, 0.25) is 0 Å². The van der Waals surface area contributed by atoms with E-state index in [1.807, 2.05) is 0 Å². The SMILES string of the molecule is O=C(O)O.O=P([O-])([O-])[O-].[Fe].[Li+].[Li+]. The topological polar surface area (TPSA) is 144 Å². The largest absolute Gasteiger partial charge is 1.00 e. The van der Waals surface area contributed by atoms with E-state index in [1.54, 1.807) is 0 Å². The van der Waals surface area contributed by atoms with Crippen LogP contribution < -0.4 is 52.4 Å². The Morgan fingerprint density at radius 3 is 1.08 bits per heavy atom. The van der Waals surface area contributed by atoms with Gasteiger partial charge < -0.3 is 29.5 Å². The van der Waals surface area contributed by atoms with Crippen molar-refractivity contribution in [2.24, 2.45) is 0 Å². The molecule has 0 aromatic rings. The van der Waals surface area contributed by atoms with Crippen LogP contribution in [0.15, 0.2) is 0 Å². The van der Waals surface area contributed by atoms with E-state index in [0.29, 0.717) is 0 Å². The van der Waals surface area contributed by atoms with Gasteiger partial charge in [-0.1, -0.05) is 0 Å². The Morgan fingerprint density at radius 1 is 1.08 bits per heavy atom. The normalized spacial score (nSPS) is 6.92. The van der Waals surface area contributed by atoms with Gasteiger partial charge in [-0.3, -0.25) is 0 Å². The predicted octanol–water partition coefficient (Wildman–Crippen LogP) is -8.60. The van der Waals surface area contributed by atoms with Crippen molar-refractivity contribution in [3.05, 3.63) is 0 Å². The summed E-state index contributed by atoms with van der Waals surface area (Å²) in [7, 11) is -5.39. The van der Waals surface area contributed by atoms with Crippen molar-refractivity contribution in [2.45, 2.75) is 0 Å². The van der Waals surface area contributed by atoms with E-state index in [9.17, 15) is 0 Å². The summed E-state index contributed by atoms with van der Waals surface area (Å²) in [6.07, 6.45) is -1.83. The van der Waals surface area contributed by atoms with E-state index in [4.69, 9.17) is 34.3 Å². The van der Waals surface area contributed by atoms with Crippen LogP contribution in [-0.4, -0.2) is 16.4 Å². The van der Waals surface area contributed by atoms with Crippen LogP contribution in [0.3, 0.4) is 0 Å². The Balaban J connectivity index is -0.0000000221. The quantitative estimate of drug-likeness (QED) is 0.308. The minimum atomic E-state index is -5.39. The molecule has 7 nitrogen and oxygen atoms in total. The first-order valence-electron chi connectivity index (χ1n) is 1.38. The molecule has 0 amide bonds. The van der Waals surface area contributed by atoms with Crippen LogP contribution in [0.1, 0.15) is 0 Å². The minimum Gasteiger partial charge on any atom is -0.822 e. The molecule has 0 spiro atoms. The summed E-state index contributed by atoms with van der Waals surface area (Å²) in [5.74, 6) is 0. The molecule has 2 N–H and O–H groups in total. The third-order valence-electron chi connectivity index (χ3n) is 0. The van der Waals surface area contributed by atoms with Gasteiger partial charge in [-0.2, -0.15) is 7.82 Å². The fraction of sp³-hybridized carbons (Fsp3) is 0. The van der Waals surface area contributed by atoms with Gasteiger partial charge in [-0.25, -0.2) is 4.79 Å². The average Bonchev–Trinajstić information content (AvgIpc) is 1.19. The molecule has 11 heteroatoms. The third-order valence-corrected chi connectivity index (χ3v) is 0. The van der Waals surface area contributed by atoms with Crippen molar-refractivity contribution in [3.8, 4) is 0 Å². The van der Waals surface area contributed by atoms with Crippen LogP contribution in [0.5, 0.6) is 0 Å². The Hall–Kier alpha value is 1.09. The average molecular weight is 227 g/mol. The van der Waals surface area contributed by atoms with Gasteiger partial charge in [0.25, 0.3) is 0 Å². The molecule has 0 aromatic carbocycles. The monoisotopic (exact) mass is 227 g/mol. The van der Waals surface area contributed by atoms with Crippen LogP contribution in [-0.2, 0) is 21.6 Å². The fourth-order valence-electron chi connectivity index (χ4n) is 0. The Morgan fingerprint density at radius 2 is 1.08 bits per heavy atom. The molecule has 0 fully saturated rings. The second kappa shape index (κ2) is 14.6. The first-order valence-corrected chi connectivity index (χ1v) is 2.84. The van der Waals surface area contributed by atoms with Gasteiger partial charge >= 0.3 is 43.9 Å². The fourth-order valence-corrected chi connectivity index (χ4v) is 0. The summed E-state index contributed by atoms with van der Waals surface area (Å²) in [6.45, 7) is 0. The summed E-state index contributed by atoms with van der Waals surface area (Å²) >= 11 is 0. The van der Waals surface area contributed by atoms with E-state index in [1.165, 1.54) is 0 Å². The number of rotatable bonds is 0. The van der Waals surface area contributed by atoms with Crippen molar-refractivity contribution in [2.75, 3.05) is 0 Å². The first-order chi connectivity index (χ1) is 3.73. The molecule has 0 radical (unpaired) electrons. The maximum absolute atomic E-state index is 8.56. The summed E-state index contributed by atoms with van der Waals surface area (Å²) in [5.41, 5.74) is 0. The van der Waals surface area contributed by atoms with Gasteiger partial charge in [0.15, 0.2) is 0 Å². The van der Waals surface area contributed by atoms with Crippen molar-refractivity contribution in [1.29, 1.82) is 0 Å². The van der Waals surface area contributed by atoms with Gasteiger partial charge in [-0.05, 0) is 0 Å². The van der Waals surface area contributed by atoms with E-state index >= 15 is 0 Å². The number of carboxylic acid groups (broad SMARTS) is 2. The molecule has 0 rings (SSSR count). The van der Waals surface area contributed by atoms with E-state index < -0.39 is 14.0 Å². The Labute approximate surface area is 103 Å². The predicted molar refractivity (Wildman–Crippen MR) is 18.3 cm³/mol. The number of phosphoric acid groups is 1. The zero-order chi connectivity index (χ0) is 8.08. The zero-order valence-electron chi connectivity index (χ0n) is 6.24. The first kappa shape index (κ1) is 29.2. The van der Waals surface area contributed by atoms with Crippen molar-refractivity contribution in [1.82, 2.24) is 0 Å². The molecule has 0 bridgehead atoms. The summed E-state index contributed by atoms with van der Waals surface area (Å²) in [6, 6.07) is 0. The van der Waals surface area contributed by atoms with Gasteiger partial charge in [0.05, 0.1) is 0 Å². The third kappa shape index (κ3) is 944. The van der Waals surface area contributed by atoms with Crippen molar-refractivity contribution < 1.29 is 89.0 Å². The maximum Gasteiger partial charge on any atom is 1.00 e. The van der Waals surface area contributed by atoms with E-state index in [2.05, 4.69) is 0 Å². The standard InChI is InChI=1S/CH2O3.Fe.2Li.H3O4P/c2-1(3)4;;;;1-5(2,3)4/h(H2,2,3,4);;;;(H3,1,2,3,4)/q;;2*+1;/p-3. The smallest absolute Gasteiger partial charge is 0.822 e. The molecular formula is CH2FeLi2O7P-. The van der Waals surface area contributed by atoms with E-state index in [-0.39, 0.29) is 54.8 Å². The van der Waals surface area contributed by atoms with Crippen LogP contribution >= 0.6 is 7.82 Å². The molecule has 0 saturated carbocycles. The second-order valence-corrected chi connectivity index (χ2v) is 1.62. The Bertz CT molecular complexity index is 121. The molecular weight excluding hydrogens is 225 g/mol. The Kier molecular flexibility index (Phi) is 35.6. The molecule has 0 aliphatic carbocycles. The van der Waals surface area contributed by atoms with Crippen LogP contribution in [0.25, 0.3) is 0 Å². The number of hydrogen-bond donors (Lipinski definition) is 2. The van der Waals surface area contributed by atoms with Gasteiger partial charge in [0, 0.05) is 17.1 Å². The van der Waals surface area contributed by atoms with Crippen molar-refractivity contribution in [3.63, 3.8) is 0 Å². The van der Waals surface area contributed by atoms with E-state index in [0.717, 1.165) is 0 Å².